The summed E-state index contributed by atoms with van der Waals surface area (Å²) >= 11 is 0. The van der Waals surface area contributed by atoms with Gasteiger partial charge in [-0.1, -0.05) is 18.2 Å². The fourth-order valence-corrected chi connectivity index (χ4v) is 5.44. The Kier molecular flexibility index (Phi) is 8.31. The Morgan fingerprint density at radius 3 is 2.31 bits per heavy atom. The number of carbonyl (C=O) groups is 2. The Balaban J connectivity index is 1.61. The highest BCUT2D eigenvalue weighted by Crippen LogP contribution is 2.38. The Morgan fingerprint density at radius 2 is 1.69 bits per heavy atom. The van der Waals surface area contributed by atoms with Crippen LogP contribution in [0.2, 0.25) is 0 Å². The van der Waals surface area contributed by atoms with Crippen LogP contribution >= 0.6 is 0 Å². The van der Waals surface area contributed by atoms with Gasteiger partial charge in [0.1, 0.15) is 5.54 Å². The number of halogens is 3. The van der Waals surface area contributed by atoms with Gasteiger partial charge in [-0.3, -0.25) is 4.79 Å². The highest BCUT2D eigenvalue weighted by molar-refractivity contribution is 7.89. The van der Waals surface area contributed by atoms with Crippen LogP contribution in [-0.2, 0) is 27.5 Å². The van der Waals surface area contributed by atoms with Crippen molar-refractivity contribution in [1.82, 2.24) is 9.62 Å². The number of benzene rings is 3. The van der Waals surface area contributed by atoms with E-state index in [1.165, 1.54) is 49.1 Å². The van der Waals surface area contributed by atoms with E-state index >= 15 is 0 Å². The Labute approximate surface area is 240 Å². The van der Waals surface area contributed by atoms with E-state index in [9.17, 15) is 31.2 Å². The number of urea groups is 1. The number of rotatable bonds is 9. The van der Waals surface area contributed by atoms with Crippen LogP contribution < -0.4 is 14.9 Å². The minimum Gasteiger partial charge on any atom is -0.395 e. The maximum atomic E-state index is 13.6. The van der Waals surface area contributed by atoms with E-state index in [-0.39, 0.29) is 30.3 Å². The first-order chi connectivity index (χ1) is 19.7. The van der Waals surface area contributed by atoms with Gasteiger partial charge in [-0.2, -0.15) is 18.4 Å². The molecule has 14 heteroatoms. The van der Waals surface area contributed by atoms with Crippen molar-refractivity contribution < 1.29 is 36.3 Å². The van der Waals surface area contributed by atoms with Crippen molar-refractivity contribution in [2.75, 3.05) is 23.4 Å². The number of nitrogens with one attached hydrogen (secondary N) is 2. The van der Waals surface area contributed by atoms with Gasteiger partial charge in [0.25, 0.3) is 5.91 Å². The largest absolute Gasteiger partial charge is 0.417 e. The van der Waals surface area contributed by atoms with Crippen molar-refractivity contribution in [2.45, 2.75) is 37.0 Å². The molecule has 1 aliphatic heterocycles. The summed E-state index contributed by atoms with van der Waals surface area (Å²) < 4.78 is 67.5. The number of para-hydroxylation sites is 1. The third-order valence-electron chi connectivity index (χ3n) is 6.70. The van der Waals surface area contributed by atoms with Crippen LogP contribution in [0.25, 0.3) is 0 Å². The number of aliphatic hydroxyl groups is 1. The lowest BCUT2D eigenvalue weighted by Gasteiger charge is -2.28. The van der Waals surface area contributed by atoms with Crippen molar-refractivity contribution in [1.29, 1.82) is 5.26 Å². The van der Waals surface area contributed by atoms with E-state index in [1.807, 2.05) is 0 Å². The number of amides is 3. The van der Waals surface area contributed by atoms with Gasteiger partial charge in [-0.05, 0) is 67.9 Å². The fraction of sp³-hybridized carbons (Fsp3) is 0.250. The van der Waals surface area contributed by atoms with E-state index in [0.29, 0.717) is 27.9 Å². The van der Waals surface area contributed by atoms with Gasteiger partial charge in [-0.15, -0.1) is 0 Å². The third kappa shape index (κ3) is 5.94. The lowest BCUT2D eigenvalue weighted by Crippen LogP contribution is -2.43. The van der Waals surface area contributed by atoms with E-state index in [0.717, 1.165) is 12.1 Å². The molecular formula is C28H26F3N5O5S. The Morgan fingerprint density at radius 1 is 1.02 bits per heavy atom. The van der Waals surface area contributed by atoms with Crippen molar-refractivity contribution in [2.24, 2.45) is 0 Å². The van der Waals surface area contributed by atoms with Crippen molar-refractivity contribution >= 4 is 39.0 Å². The zero-order valence-corrected chi connectivity index (χ0v) is 23.3. The summed E-state index contributed by atoms with van der Waals surface area (Å²) in [6.07, 6.45) is -4.87. The van der Waals surface area contributed by atoms with Gasteiger partial charge in [0.15, 0.2) is 0 Å². The summed E-state index contributed by atoms with van der Waals surface area (Å²) in [7, 11) is -3.80. The molecule has 1 saturated heterocycles. The first-order valence-electron chi connectivity index (χ1n) is 12.5. The molecule has 0 aromatic heterocycles. The molecule has 1 heterocycles. The molecule has 10 nitrogen and oxygen atoms in total. The molecule has 0 bridgehead atoms. The number of hydrogen-bond acceptors (Lipinski definition) is 7. The lowest BCUT2D eigenvalue weighted by molar-refractivity contribution is -0.137. The predicted octanol–water partition coefficient (Wildman–Crippen LogP) is 4.34. The number of nitriles is 1. The number of hydrogen-bond donors (Lipinski definition) is 3. The van der Waals surface area contributed by atoms with Gasteiger partial charge < -0.3 is 15.3 Å². The maximum Gasteiger partial charge on any atom is 0.417 e. The SMILES string of the molecule is CC1(C)C(=O)N(c2ccc(C#N)c(C(F)(F)F)c2)C(=O)N1Cc1ccccc1Nc1ccc(S(=O)(=O)NCCO)cc1. The van der Waals surface area contributed by atoms with Gasteiger partial charge >= 0.3 is 12.2 Å². The minimum atomic E-state index is -4.87. The summed E-state index contributed by atoms with van der Waals surface area (Å²) in [5, 5.41) is 21.1. The first-order valence-corrected chi connectivity index (χ1v) is 14.0. The second kappa shape index (κ2) is 11.4. The van der Waals surface area contributed by atoms with E-state index < -0.39 is 44.8 Å². The smallest absolute Gasteiger partial charge is 0.395 e. The number of anilines is 3. The second-order valence-electron chi connectivity index (χ2n) is 9.84. The van der Waals surface area contributed by atoms with Gasteiger partial charge in [0.2, 0.25) is 10.0 Å². The van der Waals surface area contributed by atoms with Crippen LogP contribution in [0.4, 0.5) is 35.0 Å². The summed E-state index contributed by atoms with van der Waals surface area (Å²) in [6.45, 7) is 2.41. The molecule has 4 rings (SSSR count). The molecule has 1 fully saturated rings. The lowest BCUT2D eigenvalue weighted by atomic mass is 10.0. The standard InChI is InChI=1S/C28H26F3N5O5S/c1-27(2)25(38)36(21-10-7-18(16-32)23(15-21)28(29,30)31)26(39)35(27)17-19-5-3-4-6-24(19)34-20-8-11-22(12-9-20)42(40,41)33-13-14-37/h3-12,15,33-34,37H,13-14,17H2,1-2H3. The monoisotopic (exact) mass is 601 g/mol. The second-order valence-corrected chi connectivity index (χ2v) is 11.6. The molecule has 0 spiro atoms. The van der Waals surface area contributed by atoms with Crippen LogP contribution in [0.15, 0.2) is 71.6 Å². The predicted molar refractivity (Wildman–Crippen MR) is 147 cm³/mol. The average Bonchev–Trinajstić information content (AvgIpc) is 3.11. The Hall–Kier alpha value is -4.45. The molecule has 3 aromatic carbocycles. The molecule has 0 aliphatic carbocycles. The average molecular weight is 602 g/mol. The number of imide groups is 1. The number of alkyl halides is 3. The van der Waals surface area contributed by atoms with Crippen LogP contribution in [0.1, 0.15) is 30.5 Å². The van der Waals surface area contributed by atoms with Crippen LogP contribution in [-0.4, -0.2) is 49.1 Å². The van der Waals surface area contributed by atoms with Crippen molar-refractivity contribution in [3.8, 4) is 6.07 Å². The van der Waals surface area contributed by atoms with Crippen LogP contribution in [0.5, 0.6) is 0 Å². The molecule has 3 amide bonds. The van der Waals surface area contributed by atoms with E-state index in [1.54, 1.807) is 24.3 Å². The summed E-state index contributed by atoms with van der Waals surface area (Å²) in [6, 6.07) is 16.0. The third-order valence-corrected chi connectivity index (χ3v) is 8.18. The maximum absolute atomic E-state index is 13.6. The number of aliphatic hydroxyl groups excluding tert-OH is 1. The fourth-order valence-electron chi connectivity index (χ4n) is 4.42. The van der Waals surface area contributed by atoms with Gasteiger partial charge in [0.05, 0.1) is 40.9 Å². The quantitative estimate of drug-likeness (QED) is 0.310. The van der Waals surface area contributed by atoms with E-state index in [4.69, 9.17) is 10.4 Å². The Bertz CT molecular complexity index is 1670. The molecule has 0 atom stereocenters. The zero-order chi connectivity index (χ0) is 30.9. The van der Waals surface area contributed by atoms with Crippen molar-refractivity contribution in [3.05, 3.63) is 83.4 Å². The molecule has 42 heavy (non-hydrogen) atoms. The molecule has 1 aliphatic rings. The van der Waals surface area contributed by atoms with Gasteiger partial charge in [0, 0.05) is 17.9 Å². The van der Waals surface area contributed by atoms with Gasteiger partial charge in [-0.25, -0.2) is 22.8 Å². The first kappa shape index (κ1) is 30.5. The van der Waals surface area contributed by atoms with Crippen LogP contribution in [0.3, 0.4) is 0 Å². The van der Waals surface area contributed by atoms with E-state index in [2.05, 4.69) is 10.0 Å². The molecule has 3 N–H and O–H groups in total. The summed E-state index contributed by atoms with van der Waals surface area (Å²) in [5.74, 6) is -0.734. The molecule has 0 saturated carbocycles. The number of sulfonamides is 1. The molecule has 0 radical (unpaired) electrons. The normalized spacial score (nSPS) is 15.2. The number of nitrogens with zero attached hydrogens (tertiary/aromatic N) is 3. The molecule has 3 aromatic rings. The highest BCUT2D eigenvalue weighted by Gasteiger charge is 2.52. The minimum absolute atomic E-state index is 0.00529. The summed E-state index contributed by atoms with van der Waals surface area (Å²) in [5.41, 5.74) is -1.98. The molecule has 220 valence electrons. The number of carbonyl (C=O) groups excluding carboxylic acids is 2. The van der Waals surface area contributed by atoms with Crippen molar-refractivity contribution in [3.63, 3.8) is 0 Å². The molecular weight excluding hydrogens is 575 g/mol. The zero-order valence-electron chi connectivity index (χ0n) is 22.4. The summed E-state index contributed by atoms with van der Waals surface area (Å²) in [4.78, 5) is 28.8. The topological polar surface area (TPSA) is 143 Å². The van der Waals surface area contributed by atoms with Crippen LogP contribution in [0, 0.1) is 11.3 Å². The highest BCUT2D eigenvalue weighted by atomic mass is 32.2. The molecule has 0 unspecified atom stereocenters.